The minimum atomic E-state index is -0.694. The van der Waals surface area contributed by atoms with E-state index in [0.29, 0.717) is 48.2 Å². The predicted octanol–water partition coefficient (Wildman–Crippen LogP) is 4.84. The van der Waals surface area contributed by atoms with Crippen LogP contribution < -0.4 is 0 Å². The van der Waals surface area contributed by atoms with Gasteiger partial charge in [0.2, 0.25) is 0 Å². The number of carbonyl (C=O) groups is 1. The zero-order chi connectivity index (χ0) is 23.6. The standard InChI is InChI=1S/C28H48O4/c1-15(2)16(3)25(31)26(32)17(4)20-7-8-21-19-14-24(30)23-13-18(29)9-11-28(23,6)22(19)10-12-27(20,21)5/h15-23,25-26,29,31-32H,7-14H2,1-6H3/t16-,17-,18+,19-,20+,21-,22-,23+,25+,26+,27-,28+/m0/s1. The summed E-state index contributed by atoms with van der Waals surface area (Å²) in [7, 11) is 0. The maximum atomic E-state index is 13.3. The van der Waals surface area contributed by atoms with Crippen LogP contribution in [-0.2, 0) is 4.79 Å². The molecular formula is C28H48O4. The molecule has 4 aliphatic carbocycles. The molecule has 0 aromatic heterocycles. The Morgan fingerprint density at radius 1 is 0.875 bits per heavy atom. The highest BCUT2D eigenvalue weighted by Crippen LogP contribution is 2.67. The second-order valence-corrected chi connectivity index (χ2v) is 13.2. The second kappa shape index (κ2) is 8.64. The summed E-state index contributed by atoms with van der Waals surface area (Å²) >= 11 is 0. The molecule has 0 bridgehead atoms. The zero-order valence-corrected chi connectivity index (χ0v) is 21.3. The van der Waals surface area contributed by atoms with Gasteiger partial charge in [0.25, 0.3) is 0 Å². The summed E-state index contributed by atoms with van der Waals surface area (Å²) in [4.78, 5) is 13.3. The van der Waals surface area contributed by atoms with Gasteiger partial charge in [0.15, 0.2) is 0 Å². The summed E-state index contributed by atoms with van der Waals surface area (Å²) in [6.07, 6.45) is 6.05. The third-order valence-corrected chi connectivity index (χ3v) is 11.6. The number of hydrogen-bond donors (Lipinski definition) is 3. The van der Waals surface area contributed by atoms with Gasteiger partial charge in [-0.25, -0.2) is 0 Å². The molecule has 0 unspecified atom stereocenters. The fourth-order valence-corrected chi connectivity index (χ4v) is 9.18. The zero-order valence-electron chi connectivity index (χ0n) is 21.3. The first-order valence-electron chi connectivity index (χ1n) is 13.5. The first kappa shape index (κ1) is 24.7. The summed E-state index contributed by atoms with van der Waals surface area (Å²) in [5, 5.41) is 32.2. The van der Waals surface area contributed by atoms with Gasteiger partial charge in [-0.3, -0.25) is 4.79 Å². The van der Waals surface area contributed by atoms with Crippen LogP contribution in [0.1, 0.15) is 92.9 Å². The Kier molecular flexibility index (Phi) is 6.66. The van der Waals surface area contributed by atoms with Crippen LogP contribution in [0, 0.1) is 58.2 Å². The number of aliphatic hydroxyl groups is 3. The molecule has 0 amide bonds. The van der Waals surface area contributed by atoms with Crippen LogP contribution in [0.5, 0.6) is 0 Å². The molecule has 0 aromatic rings. The van der Waals surface area contributed by atoms with Gasteiger partial charge in [0, 0.05) is 12.3 Å². The van der Waals surface area contributed by atoms with Gasteiger partial charge in [-0.2, -0.15) is 0 Å². The van der Waals surface area contributed by atoms with E-state index < -0.39 is 12.2 Å². The van der Waals surface area contributed by atoms with Gasteiger partial charge in [-0.15, -0.1) is 0 Å². The monoisotopic (exact) mass is 448 g/mol. The molecule has 4 rings (SSSR count). The first-order chi connectivity index (χ1) is 14.9. The Morgan fingerprint density at radius 3 is 2.16 bits per heavy atom. The average Bonchev–Trinajstić information content (AvgIpc) is 3.10. The van der Waals surface area contributed by atoms with Crippen LogP contribution in [0.15, 0.2) is 0 Å². The third kappa shape index (κ3) is 3.71. The molecule has 4 heteroatoms. The summed E-state index contributed by atoms with van der Waals surface area (Å²) in [6, 6.07) is 0. The fourth-order valence-electron chi connectivity index (χ4n) is 9.18. The van der Waals surface area contributed by atoms with Crippen LogP contribution in [0.3, 0.4) is 0 Å². The van der Waals surface area contributed by atoms with Crippen LogP contribution in [-0.4, -0.2) is 39.4 Å². The van der Waals surface area contributed by atoms with Crippen LogP contribution in [0.25, 0.3) is 0 Å². The minimum absolute atomic E-state index is 0.0440. The number of aliphatic hydroxyl groups excluding tert-OH is 3. The lowest BCUT2D eigenvalue weighted by molar-refractivity contribution is -0.161. The Morgan fingerprint density at radius 2 is 1.50 bits per heavy atom. The van der Waals surface area contributed by atoms with E-state index in [2.05, 4.69) is 34.6 Å². The normalized spacial score (nSPS) is 47.9. The molecule has 4 aliphatic rings. The molecule has 184 valence electrons. The van der Waals surface area contributed by atoms with Crippen molar-refractivity contribution in [3.63, 3.8) is 0 Å². The molecule has 3 N–H and O–H groups in total. The number of Topliss-reactive ketones (excluding diaryl/α,β-unsaturated/α-hetero) is 1. The molecule has 0 radical (unpaired) electrons. The van der Waals surface area contributed by atoms with Crippen molar-refractivity contribution in [3.8, 4) is 0 Å². The van der Waals surface area contributed by atoms with E-state index in [4.69, 9.17) is 0 Å². The smallest absolute Gasteiger partial charge is 0.136 e. The highest BCUT2D eigenvalue weighted by atomic mass is 16.3. The molecule has 4 nitrogen and oxygen atoms in total. The Hall–Kier alpha value is -0.450. The average molecular weight is 449 g/mol. The summed E-state index contributed by atoms with van der Waals surface area (Å²) < 4.78 is 0. The SMILES string of the molecule is CC(C)[C@H](C)[C@@H](O)[C@H](O)[C@@H](C)[C@H]1CC[C@H]2[C@@H]3CC(=O)[C@H]4C[C@H](O)CC[C@]4(C)[C@H]3CC[C@@]12C. The van der Waals surface area contributed by atoms with E-state index in [-0.39, 0.29) is 34.7 Å². The highest BCUT2D eigenvalue weighted by Gasteiger charge is 2.63. The largest absolute Gasteiger partial charge is 0.393 e. The van der Waals surface area contributed by atoms with E-state index in [1.165, 1.54) is 0 Å². The Labute approximate surface area is 195 Å². The summed E-state index contributed by atoms with van der Waals surface area (Å²) in [5.41, 5.74) is 0.187. The summed E-state index contributed by atoms with van der Waals surface area (Å²) in [6.45, 7) is 13.2. The van der Waals surface area contributed by atoms with Gasteiger partial charge in [-0.05, 0) is 97.2 Å². The van der Waals surface area contributed by atoms with Gasteiger partial charge in [-0.1, -0.05) is 41.5 Å². The van der Waals surface area contributed by atoms with Crippen molar-refractivity contribution >= 4 is 5.78 Å². The third-order valence-electron chi connectivity index (χ3n) is 11.6. The van der Waals surface area contributed by atoms with E-state index >= 15 is 0 Å². The maximum absolute atomic E-state index is 13.3. The Balaban J connectivity index is 1.54. The second-order valence-electron chi connectivity index (χ2n) is 13.2. The lowest BCUT2D eigenvalue weighted by Gasteiger charge is -2.60. The number of rotatable bonds is 5. The first-order valence-corrected chi connectivity index (χ1v) is 13.5. The fraction of sp³-hybridized carbons (Fsp3) is 0.964. The number of fused-ring (bicyclic) bond motifs is 5. The molecule has 32 heavy (non-hydrogen) atoms. The van der Waals surface area contributed by atoms with Gasteiger partial charge in [0.1, 0.15) is 5.78 Å². The molecule has 4 saturated carbocycles. The van der Waals surface area contributed by atoms with Gasteiger partial charge < -0.3 is 15.3 Å². The Bertz CT molecular complexity index is 706. The number of carbonyl (C=O) groups excluding carboxylic acids is 1. The van der Waals surface area contributed by atoms with E-state index in [1.54, 1.807) is 0 Å². The van der Waals surface area contributed by atoms with Crippen molar-refractivity contribution in [1.82, 2.24) is 0 Å². The summed E-state index contributed by atoms with van der Waals surface area (Å²) in [5.74, 6) is 2.88. The lowest BCUT2D eigenvalue weighted by atomic mass is 9.44. The van der Waals surface area contributed by atoms with Crippen molar-refractivity contribution in [2.45, 2.75) is 111 Å². The molecular weight excluding hydrogens is 400 g/mol. The minimum Gasteiger partial charge on any atom is -0.393 e. The number of ketones is 1. The molecule has 4 fully saturated rings. The number of hydrogen-bond acceptors (Lipinski definition) is 4. The van der Waals surface area contributed by atoms with Crippen molar-refractivity contribution in [2.24, 2.45) is 58.2 Å². The quantitative estimate of drug-likeness (QED) is 0.563. The molecule has 0 heterocycles. The van der Waals surface area contributed by atoms with Crippen molar-refractivity contribution in [1.29, 1.82) is 0 Å². The molecule has 0 saturated heterocycles. The van der Waals surface area contributed by atoms with Crippen molar-refractivity contribution < 1.29 is 20.1 Å². The van der Waals surface area contributed by atoms with Crippen LogP contribution >= 0.6 is 0 Å². The molecule has 0 spiro atoms. The lowest BCUT2D eigenvalue weighted by Crippen LogP contribution is -2.57. The van der Waals surface area contributed by atoms with Crippen molar-refractivity contribution in [2.75, 3.05) is 0 Å². The van der Waals surface area contributed by atoms with E-state index in [1.807, 2.05) is 6.92 Å². The van der Waals surface area contributed by atoms with Crippen LogP contribution in [0.4, 0.5) is 0 Å². The predicted molar refractivity (Wildman–Crippen MR) is 127 cm³/mol. The molecule has 0 aliphatic heterocycles. The highest BCUT2D eigenvalue weighted by molar-refractivity contribution is 5.83. The van der Waals surface area contributed by atoms with Crippen molar-refractivity contribution in [3.05, 3.63) is 0 Å². The van der Waals surface area contributed by atoms with Gasteiger partial charge in [0.05, 0.1) is 18.3 Å². The van der Waals surface area contributed by atoms with Gasteiger partial charge >= 0.3 is 0 Å². The maximum Gasteiger partial charge on any atom is 0.136 e. The molecule has 0 aromatic carbocycles. The topological polar surface area (TPSA) is 77.8 Å². The van der Waals surface area contributed by atoms with E-state index in [0.717, 1.165) is 38.5 Å². The van der Waals surface area contributed by atoms with Crippen LogP contribution in [0.2, 0.25) is 0 Å². The molecule has 12 atom stereocenters. The van der Waals surface area contributed by atoms with E-state index in [9.17, 15) is 20.1 Å².